The molecule has 0 aromatic carbocycles. The minimum atomic E-state index is -2.01. The molecule has 0 aromatic rings. The van der Waals surface area contributed by atoms with E-state index in [1.807, 2.05) is 23.6 Å². The molecule has 2 fully saturated rings. The third kappa shape index (κ3) is 6.85. The summed E-state index contributed by atoms with van der Waals surface area (Å²) in [6.45, 7) is 17.2. The van der Waals surface area contributed by atoms with E-state index in [4.69, 9.17) is 13.9 Å². The van der Waals surface area contributed by atoms with E-state index in [0.29, 0.717) is 13.2 Å². The Hall–Kier alpha value is -1.28. The first-order valence-corrected chi connectivity index (χ1v) is 15.0. The molecule has 2 aliphatic rings. The fourth-order valence-electron chi connectivity index (χ4n) is 4.45. The molecule has 0 bridgehead atoms. The Bertz CT molecular complexity index is 569. The fourth-order valence-corrected chi connectivity index (χ4v) is 5.83. The summed E-state index contributed by atoms with van der Waals surface area (Å²) in [7, 11) is -2.01. The number of rotatable bonds is 8. The van der Waals surface area contributed by atoms with Crippen LogP contribution < -0.4 is 0 Å². The van der Waals surface area contributed by atoms with E-state index >= 15 is 0 Å². The Labute approximate surface area is 189 Å². The van der Waals surface area contributed by atoms with Gasteiger partial charge in [0.25, 0.3) is 0 Å². The average molecular weight is 457 g/mol. The van der Waals surface area contributed by atoms with Crippen LogP contribution in [0.1, 0.15) is 73.1 Å². The maximum atomic E-state index is 12.4. The quantitative estimate of drug-likeness (QED) is 0.458. The summed E-state index contributed by atoms with van der Waals surface area (Å²) >= 11 is 0. The van der Waals surface area contributed by atoms with Gasteiger partial charge in [-0.2, -0.15) is 0 Å². The Balaban J connectivity index is 2.16. The molecule has 2 saturated heterocycles. The van der Waals surface area contributed by atoms with E-state index in [9.17, 15) is 9.59 Å². The highest BCUT2D eigenvalue weighted by Gasteiger charge is 2.42. The third-order valence-electron chi connectivity index (χ3n) is 7.10. The normalized spacial score (nSPS) is 22.3. The lowest BCUT2D eigenvalue weighted by molar-refractivity contribution is 0.0682. The highest BCUT2D eigenvalue weighted by molar-refractivity contribution is 6.74. The van der Waals surface area contributed by atoms with Crippen molar-refractivity contribution in [2.75, 3.05) is 26.3 Å². The van der Waals surface area contributed by atoms with Crippen molar-refractivity contribution in [3.63, 3.8) is 0 Å². The Morgan fingerprint density at radius 1 is 0.903 bits per heavy atom. The molecule has 2 amide bonds. The molecule has 0 saturated carbocycles. The topological polar surface area (TPSA) is 68.3 Å². The highest BCUT2D eigenvalue weighted by Crippen LogP contribution is 2.39. The lowest BCUT2D eigenvalue weighted by Gasteiger charge is -2.41. The minimum Gasteiger partial charge on any atom is -0.450 e. The van der Waals surface area contributed by atoms with E-state index in [2.05, 4.69) is 33.9 Å². The van der Waals surface area contributed by atoms with Gasteiger partial charge in [0.2, 0.25) is 0 Å². The van der Waals surface area contributed by atoms with Crippen molar-refractivity contribution in [1.29, 1.82) is 0 Å². The van der Waals surface area contributed by atoms with E-state index in [1.165, 1.54) is 0 Å². The summed E-state index contributed by atoms with van der Waals surface area (Å²) in [4.78, 5) is 28.6. The van der Waals surface area contributed by atoms with Crippen LogP contribution in [0.4, 0.5) is 9.59 Å². The lowest BCUT2D eigenvalue weighted by Crippen LogP contribution is -2.48. The van der Waals surface area contributed by atoms with Crippen LogP contribution in [-0.2, 0) is 13.9 Å². The SMILES string of the molecule is CCOC(=O)N1CCC[C@@H]1CC(C[C@H]1CCCN1C(=O)OCC)O[Si](C)(C)C(C)(C)C. The fraction of sp³-hybridized carbons (Fsp3) is 0.913. The molecule has 2 aliphatic heterocycles. The molecule has 8 heteroatoms. The van der Waals surface area contributed by atoms with E-state index in [-0.39, 0.29) is 35.4 Å². The molecule has 2 atom stereocenters. The van der Waals surface area contributed by atoms with Gasteiger partial charge in [0.15, 0.2) is 8.32 Å². The van der Waals surface area contributed by atoms with Crippen LogP contribution in [0.25, 0.3) is 0 Å². The molecule has 0 spiro atoms. The standard InChI is InChI=1S/C23H44N2O5Si/c1-8-28-21(26)24-14-10-12-18(24)16-20(30-31(6,7)23(3,4)5)17-19-13-11-15-25(19)22(27)29-9-2/h18-20H,8-17H2,1-7H3/t18-,19-/m1/s1. The third-order valence-corrected chi connectivity index (χ3v) is 11.6. The number of carbonyl (C=O) groups excluding carboxylic acids is 2. The van der Waals surface area contributed by atoms with Gasteiger partial charge in [-0.3, -0.25) is 0 Å². The number of hydrogen-bond donors (Lipinski definition) is 0. The van der Waals surface area contributed by atoms with Gasteiger partial charge in [-0.15, -0.1) is 0 Å². The van der Waals surface area contributed by atoms with Gasteiger partial charge in [-0.1, -0.05) is 20.8 Å². The zero-order chi connectivity index (χ0) is 23.2. The van der Waals surface area contributed by atoms with Gasteiger partial charge in [-0.05, 0) is 70.5 Å². The van der Waals surface area contributed by atoms with Crippen LogP contribution >= 0.6 is 0 Å². The molecule has 0 aromatic heterocycles. The van der Waals surface area contributed by atoms with Crippen molar-refractivity contribution < 1.29 is 23.5 Å². The summed E-state index contributed by atoms with van der Waals surface area (Å²) in [5.41, 5.74) is 0. The largest absolute Gasteiger partial charge is 0.450 e. The lowest BCUT2D eigenvalue weighted by atomic mass is 9.99. The van der Waals surface area contributed by atoms with Gasteiger partial charge in [-0.25, -0.2) is 9.59 Å². The number of amides is 2. The zero-order valence-electron chi connectivity index (χ0n) is 20.7. The van der Waals surface area contributed by atoms with Crippen LogP contribution in [-0.4, -0.2) is 74.8 Å². The predicted octanol–water partition coefficient (Wildman–Crippen LogP) is 5.40. The second-order valence-corrected chi connectivity index (χ2v) is 15.1. The molecule has 0 unspecified atom stereocenters. The van der Waals surface area contributed by atoms with Crippen LogP contribution in [0.2, 0.25) is 18.1 Å². The Morgan fingerprint density at radius 2 is 1.32 bits per heavy atom. The van der Waals surface area contributed by atoms with Gasteiger partial charge < -0.3 is 23.7 Å². The number of carbonyl (C=O) groups is 2. The predicted molar refractivity (Wildman–Crippen MR) is 125 cm³/mol. The first-order valence-electron chi connectivity index (χ1n) is 12.0. The molecule has 2 heterocycles. The zero-order valence-corrected chi connectivity index (χ0v) is 21.7. The molecule has 2 rings (SSSR count). The maximum Gasteiger partial charge on any atom is 0.409 e. The first kappa shape index (κ1) is 26.0. The maximum absolute atomic E-state index is 12.4. The molecule has 180 valence electrons. The van der Waals surface area contributed by atoms with E-state index in [1.54, 1.807) is 0 Å². The van der Waals surface area contributed by atoms with Crippen LogP contribution in [0.15, 0.2) is 0 Å². The molecular weight excluding hydrogens is 412 g/mol. The Morgan fingerprint density at radius 3 is 1.68 bits per heavy atom. The molecule has 0 radical (unpaired) electrons. The molecule has 0 N–H and O–H groups in total. The monoisotopic (exact) mass is 456 g/mol. The number of likely N-dealkylation sites (tertiary alicyclic amines) is 2. The van der Waals surface area contributed by atoms with Gasteiger partial charge in [0.1, 0.15) is 0 Å². The second kappa shape index (κ2) is 11.0. The van der Waals surface area contributed by atoms with Crippen LogP contribution in [0, 0.1) is 0 Å². The average Bonchev–Trinajstić information content (AvgIpc) is 3.30. The van der Waals surface area contributed by atoms with Crippen molar-refractivity contribution in [3.8, 4) is 0 Å². The van der Waals surface area contributed by atoms with E-state index in [0.717, 1.165) is 51.6 Å². The number of nitrogens with zero attached hydrogens (tertiary/aromatic N) is 2. The molecule has 0 aliphatic carbocycles. The smallest absolute Gasteiger partial charge is 0.409 e. The molecule has 7 nitrogen and oxygen atoms in total. The number of ether oxygens (including phenoxy) is 2. The second-order valence-electron chi connectivity index (χ2n) is 10.3. The van der Waals surface area contributed by atoms with Gasteiger partial charge in [0.05, 0.1) is 13.2 Å². The van der Waals surface area contributed by atoms with Crippen molar-refractivity contribution >= 4 is 20.5 Å². The van der Waals surface area contributed by atoms with Crippen molar-refractivity contribution in [2.45, 2.75) is 109 Å². The summed E-state index contributed by atoms with van der Waals surface area (Å²) < 4.78 is 17.5. The van der Waals surface area contributed by atoms with E-state index < -0.39 is 8.32 Å². The summed E-state index contributed by atoms with van der Waals surface area (Å²) in [5, 5.41) is 0.0955. The van der Waals surface area contributed by atoms with Crippen molar-refractivity contribution in [3.05, 3.63) is 0 Å². The van der Waals surface area contributed by atoms with Crippen LogP contribution in [0.5, 0.6) is 0 Å². The van der Waals surface area contributed by atoms with Crippen LogP contribution in [0.3, 0.4) is 0 Å². The molecule has 31 heavy (non-hydrogen) atoms. The molecular formula is C23H44N2O5Si. The first-order chi connectivity index (χ1) is 14.5. The van der Waals surface area contributed by atoms with Gasteiger partial charge >= 0.3 is 12.2 Å². The van der Waals surface area contributed by atoms with Crippen molar-refractivity contribution in [2.24, 2.45) is 0 Å². The number of hydrogen-bond acceptors (Lipinski definition) is 5. The summed E-state index contributed by atoms with van der Waals surface area (Å²) in [5.74, 6) is 0. The minimum absolute atomic E-state index is 0.000875. The van der Waals surface area contributed by atoms with Gasteiger partial charge in [0, 0.05) is 31.3 Å². The van der Waals surface area contributed by atoms with Crippen molar-refractivity contribution in [1.82, 2.24) is 9.80 Å². The summed E-state index contributed by atoms with van der Waals surface area (Å²) in [6.07, 6.45) is 5.08. The summed E-state index contributed by atoms with van der Waals surface area (Å²) in [6, 6.07) is 0.262. The Kier molecular flexibility index (Phi) is 9.24. The highest BCUT2D eigenvalue weighted by atomic mass is 28.4.